The second kappa shape index (κ2) is 5.20. The zero-order valence-corrected chi connectivity index (χ0v) is 10.6. The Morgan fingerprint density at radius 3 is 2.75 bits per heavy atom. The molecule has 1 aliphatic carbocycles. The summed E-state index contributed by atoms with van der Waals surface area (Å²) in [5.41, 5.74) is 7.47. The first-order valence-corrected chi connectivity index (χ1v) is 6.57. The highest BCUT2D eigenvalue weighted by Crippen LogP contribution is 2.39. The van der Waals surface area contributed by atoms with Crippen LogP contribution in [0.3, 0.4) is 0 Å². The van der Waals surface area contributed by atoms with Gasteiger partial charge in [-0.25, -0.2) is 0 Å². The predicted molar refractivity (Wildman–Crippen MR) is 69.8 cm³/mol. The Hall–Kier alpha value is -0.530. The molecule has 88 valence electrons. The lowest BCUT2D eigenvalue weighted by atomic mass is 9.73. The van der Waals surface area contributed by atoms with Gasteiger partial charge in [0, 0.05) is 11.1 Å². The lowest BCUT2D eigenvalue weighted by molar-refractivity contribution is 0.271. The van der Waals surface area contributed by atoms with E-state index in [-0.39, 0.29) is 6.04 Å². The minimum Gasteiger partial charge on any atom is -0.328 e. The summed E-state index contributed by atoms with van der Waals surface area (Å²) in [4.78, 5) is 0. The molecule has 1 saturated carbocycles. The van der Waals surface area contributed by atoms with E-state index in [1.807, 2.05) is 12.1 Å². The van der Waals surface area contributed by atoms with E-state index in [0.717, 1.165) is 5.02 Å². The van der Waals surface area contributed by atoms with Crippen molar-refractivity contribution in [2.75, 3.05) is 0 Å². The van der Waals surface area contributed by atoms with Crippen molar-refractivity contribution in [2.45, 2.75) is 44.6 Å². The lowest BCUT2D eigenvalue weighted by Gasteiger charge is -2.34. The van der Waals surface area contributed by atoms with Crippen LogP contribution >= 0.6 is 11.6 Å². The van der Waals surface area contributed by atoms with Crippen molar-refractivity contribution in [1.82, 2.24) is 0 Å². The molecule has 0 bridgehead atoms. The molecule has 2 rings (SSSR count). The van der Waals surface area contributed by atoms with Gasteiger partial charge in [-0.15, -0.1) is 0 Å². The minimum atomic E-state index is 0.282. The number of nitrogens with two attached hydrogens (primary N) is 1. The van der Waals surface area contributed by atoms with Gasteiger partial charge in [-0.2, -0.15) is 0 Å². The van der Waals surface area contributed by atoms with Gasteiger partial charge in [-0.1, -0.05) is 36.6 Å². The van der Waals surface area contributed by atoms with Crippen molar-refractivity contribution in [1.29, 1.82) is 0 Å². The van der Waals surface area contributed by atoms with Gasteiger partial charge in [0.25, 0.3) is 0 Å². The van der Waals surface area contributed by atoms with Gasteiger partial charge < -0.3 is 5.73 Å². The fourth-order valence-electron chi connectivity index (χ4n) is 2.94. The normalized spacial score (nSPS) is 27.7. The second-order valence-corrected chi connectivity index (χ2v) is 5.41. The Labute approximate surface area is 103 Å². The standard InChI is InChI=1S/C14H20ClN/c1-10(16)13-7-2-3-8-14(13)11-5-4-6-12(15)9-11/h4-6,9-10,13-14H,2-3,7-8,16H2,1H3. The van der Waals surface area contributed by atoms with Crippen LogP contribution in [0.2, 0.25) is 5.02 Å². The Morgan fingerprint density at radius 2 is 2.06 bits per heavy atom. The molecule has 0 spiro atoms. The molecule has 16 heavy (non-hydrogen) atoms. The fourth-order valence-corrected chi connectivity index (χ4v) is 3.14. The highest BCUT2D eigenvalue weighted by atomic mass is 35.5. The number of halogens is 1. The van der Waals surface area contributed by atoms with E-state index < -0.39 is 0 Å². The maximum Gasteiger partial charge on any atom is 0.0408 e. The molecule has 1 nitrogen and oxygen atoms in total. The summed E-state index contributed by atoms with van der Waals surface area (Å²) in [6.45, 7) is 2.13. The molecule has 0 heterocycles. The van der Waals surface area contributed by atoms with Crippen molar-refractivity contribution in [3.8, 4) is 0 Å². The maximum absolute atomic E-state index is 6.10. The fraction of sp³-hybridized carbons (Fsp3) is 0.571. The molecule has 3 unspecified atom stereocenters. The molecule has 0 aromatic heterocycles. The monoisotopic (exact) mass is 237 g/mol. The third-order valence-corrected chi connectivity index (χ3v) is 4.01. The van der Waals surface area contributed by atoms with Gasteiger partial charge in [-0.05, 0) is 49.3 Å². The molecule has 1 aliphatic rings. The van der Waals surface area contributed by atoms with E-state index in [9.17, 15) is 0 Å². The van der Waals surface area contributed by atoms with Crippen LogP contribution in [-0.2, 0) is 0 Å². The first-order chi connectivity index (χ1) is 7.68. The molecule has 1 aromatic rings. The summed E-state index contributed by atoms with van der Waals surface area (Å²) in [7, 11) is 0. The first kappa shape index (κ1) is 11.9. The van der Waals surface area contributed by atoms with Crippen LogP contribution in [0, 0.1) is 5.92 Å². The number of benzene rings is 1. The minimum absolute atomic E-state index is 0.282. The van der Waals surface area contributed by atoms with E-state index in [4.69, 9.17) is 17.3 Å². The third kappa shape index (κ3) is 2.58. The highest BCUT2D eigenvalue weighted by Gasteiger charge is 2.28. The van der Waals surface area contributed by atoms with E-state index in [1.165, 1.54) is 31.2 Å². The van der Waals surface area contributed by atoms with Crippen LogP contribution in [0.15, 0.2) is 24.3 Å². The molecule has 0 aliphatic heterocycles. The van der Waals surface area contributed by atoms with Crippen molar-refractivity contribution >= 4 is 11.6 Å². The van der Waals surface area contributed by atoms with Gasteiger partial charge >= 0.3 is 0 Å². The van der Waals surface area contributed by atoms with Gasteiger partial charge in [0.15, 0.2) is 0 Å². The molecule has 1 aromatic carbocycles. The Balaban J connectivity index is 2.23. The third-order valence-electron chi connectivity index (χ3n) is 3.77. The number of hydrogen-bond acceptors (Lipinski definition) is 1. The average molecular weight is 238 g/mol. The van der Waals surface area contributed by atoms with Crippen molar-refractivity contribution in [3.63, 3.8) is 0 Å². The zero-order valence-electron chi connectivity index (χ0n) is 9.83. The number of hydrogen-bond donors (Lipinski definition) is 1. The average Bonchev–Trinajstić information content (AvgIpc) is 2.29. The lowest BCUT2D eigenvalue weighted by Crippen LogP contribution is -2.33. The van der Waals surface area contributed by atoms with Crippen molar-refractivity contribution in [3.05, 3.63) is 34.9 Å². The summed E-state index contributed by atoms with van der Waals surface area (Å²) in [6.07, 6.45) is 5.16. The highest BCUT2D eigenvalue weighted by molar-refractivity contribution is 6.30. The molecular formula is C14H20ClN. The predicted octanol–water partition coefficient (Wildman–Crippen LogP) is 3.96. The van der Waals surface area contributed by atoms with E-state index >= 15 is 0 Å². The van der Waals surface area contributed by atoms with Crippen LogP contribution < -0.4 is 5.73 Å². The van der Waals surface area contributed by atoms with Crippen LogP contribution in [-0.4, -0.2) is 6.04 Å². The van der Waals surface area contributed by atoms with Gasteiger partial charge in [0.05, 0.1) is 0 Å². The first-order valence-electron chi connectivity index (χ1n) is 6.19. The van der Waals surface area contributed by atoms with E-state index in [2.05, 4.69) is 19.1 Å². The van der Waals surface area contributed by atoms with Crippen molar-refractivity contribution < 1.29 is 0 Å². The Morgan fingerprint density at radius 1 is 1.31 bits per heavy atom. The molecule has 2 N–H and O–H groups in total. The summed E-state index contributed by atoms with van der Waals surface area (Å²) in [6, 6.07) is 8.56. The largest absolute Gasteiger partial charge is 0.328 e. The number of rotatable bonds is 2. The molecule has 3 atom stereocenters. The van der Waals surface area contributed by atoms with Crippen molar-refractivity contribution in [2.24, 2.45) is 11.7 Å². The van der Waals surface area contributed by atoms with E-state index in [1.54, 1.807) is 0 Å². The Bertz CT molecular complexity index is 348. The molecule has 1 fully saturated rings. The second-order valence-electron chi connectivity index (χ2n) is 4.97. The molecule has 0 radical (unpaired) electrons. The SMILES string of the molecule is CC(N)C1CCCCC1c1cccc(Cl)c1. The van der Waals surface area contributed by atoms with Gasteiger partial charge in [0.2, 0.25) is 0 Å². The summed E-state index contributed by atoms with van der Waals surface area (Å²) in [5, 5.41) is 0.839. The summed E-state index contributed by atoms with van der Waals surface area (Å²) >= 11 is 6.06. The smallest absolute Gasteiger partial charge is 0.0408 e. The van der Waals surface area contributed by atoms with Crippen LogP contribution in [0.4, 0.5) is 0 Å². The van der Waals surface area contributed by atoms with E-state index in [0.29, 0.717) is 11.8 Å². The quantitative estimate of drug-likeness (QED) is 0.828. The topological polar surface area (TPSA) is 26.0 Å². The van der Waals surface area contributed by atoms with Crippen LogP contribution in [0.5, 0.6) is 0 Å². The summed E-state index contributed by atoms with van der Waals surface area (Å²) in [5.74, 6) is 1.22. The Kier molecular flexibility index (Phi) is 3.88. The van der Waals surface area contributed by atoms with Gasteiger partial charge in [-0.3, -0.25) is 0 Å². The molecule has 2 heteroatoms. The molecular weight excluding hydrogens is 218 g/mol. The summed E-state index contributed by atoms with van der Waals surface area (Å²) < 4.78 is 0. The zero-order chi connectivity index (χ0) is 11.5. The molecule has 0 saturated heterocycles. The molecule has 0 amide bonds. The van der Waals surface area contributed by atoms with Crippen LogP contribution in [0.1, 0.15) is 44.1 Å². The van der Waals surface area contributed by atoms with Crippen LogP contribution in [0.25, 0.3) is 0 Å². The maximum atomic E-state index is 6.10. The van der Waals surface area contributed by atoms with Gasteiger partial charge in [0.1, 0.15) is 0 Å².